The number of aromatic nitrogens is 4. The van der Waals surface area contributed by atoms with Gasteiger partial charge in [-0.1, -0.05) is 23.9 Å². The molecule has 152 valence electrons. The number of thiophene rings is 1. The number of aryl methyl sites for hydroxylation is 2. The average Bonchev–Trinajstić information content (AvgIpc) is 3.42. The second-order valence-electron chi connectivity index (χ2n) is 6.53. The summed E-state index contributed by atoms with van der Waals surface area (Å²) in [6.07, 6.45) is 0.869. The molecule has 1 aliphatic rings. The first-order chi connectivity index (χ1) is 14.2. The molecule has 4 rings (SSSR count). The Morgan fingerprint density at radius 3 is 2.97 bits per heavy atom. The van der Waals surface area contributed by atoms with Crippen LogP contribution in [0.15, 0.2) is 40.9 Å². The van der Waals surface area contributed by atoms with Crippen LogP contribution >= 0.6 is 23.1 Å². The third kappa shape index (κ3) is 5.07. The molecule has 0 bridgehead atoms. The number of fused-ring (bicyclic) bond motifs is 1. The molecule has 0 aliphatic carbocycles. The summed E-state index contributed by atoms with van der Waals surface area (Å²) in [4.78, 5) is 15.5. The van der Waals surface area contributed by atoms with Crippen LogP contribution in [0.2, 0.25) is 0 Å². The van der Waals surface area contributed by atoms with Crippen molar-refractivity contribution in [3.05, 3.63) is 46.2 Å². The maximum Gasteiger partial charge on any atom is 0.233 e. The van der Waals surface area contributed by atoms with Gasteiger partial charge in [0.05, 0.1) is 12.3 Å². The lowest BCUT2D eigenvalue weighted by Gasteiger charge is -2.21. The van der Waals surface area contributed by atoms with Gasteiger partial charge in [-0.05, 0) is 39.6 Å². The van der Waals surface area contributed by atoms with E-state index in [9.17, 15) is 4.79 Å². The maximum atomic E-state index is 12.6. The molecule has 0 spiro atoms. The second-order valence-corrected chi connectivity index (χ2v) is 8.51. The molecule has 0 radical (unpaired) electrons. The molecule has 2 aromatic heterocycles. The van der Waals surface area contributed by atoms with Gasteiger partial charge in [0.25, 0.3) is 0 Å². The minimum absolute atomic E-state index is 0.0118. The Balaban J connectivity index is 1.29. The number of carbonyl (C=O) groups excluding carboxylic acids is 1. The van der Waals surface area contributed by atoms with Crippen molar-refractivity contribution in [2.75, 3.05) is 26.0 Å². The average molecular weight is 432 g/mol. The van der Waals surface area contributed by atoms with Gasteiger partial charge >= 0.3 is 0 Å². The number of thioether (sulfide) groups is 1. The highest BCUT2D eigenvalue weighted by Gasteiger charge is 2.16. The zero-order chi connectivity index (χ0) is 20.1. The number of rotatable bonds is 8. The van der Waals surface area contributed by atoms with Crippen molar-refractivity contribution in [2.45, 2.75) is 24.7 Å². The van der Waals surface area contributed by atoms with Crippen LogP contribution in [0, 0.1) is 0 Å². The van der Waals surface area contributed by atoms with Crippen LogP contribution in [0.3, 0.4) is 0 Å². The van der Waals surface area contributed by atoms with E-state index in [1.165, 1.54) is 16.6 Å². The van der Waals surface area contributed by atoms with Gasteiger partial charge in [0.15, 0.2) is 11.5 Å². The molecule has 0 saturated heterocycles. The minimum atomic E-state index is 0.0118. The van der Waals surface area contributed by atoms with Crippen LogP contribution in [0.1, 0.15) is 10.4 Å². The lowest BCUT2D eigenvalue weighted by molar-refractivity contribution is -0.127. The predicted octanol–water partition coefficient (Wildman–Crippen LogP) is 2.50. The minimum Gasteiger partial charge on any atom is -0.486 e. The zero-order valence-electron chi connectivity index (χ0n) is 16.0. The second kappa shape index (κ2) is 9.27. The summed E-state index contributed by atoms with van der Waals surface area (Å²) in [7, 11) is 1.79. The van der Waals surface area contributed by atoms with Crippen LogP contribution in [0.5, 0.6) is 11.5 Å². The Labute approximate surface area is 176 Å². The highest BCUT2D eigenvalue weighted by Crippen LogP contribution is 2.31. The molecule has 1 aromatic carbocycles. The van der Waals surface area contributed by atoms with Crippen molar-refractivity contribution in [1.82, 2.24) is 25.1 Å². The standard InChI is InChI=1S/C19H21N5O3S2/c1-23(12-14-4-5-16-17(11-14)27-9-8-26-16)18(25)13-29-19-20-21-22-24(19)7-6-15-3-2-10-28-15/h2-5,10-11H,6-9,12-13H2,1H3. The van der Waals surface area contributed by atoms with Crippen LogP contribution < -0.4 is 9.47 Å². The van der Waals surface area contributed by atoms with E-state index in [4.69, 9.17) is 9.47 Å². The third-order valence-electron chi connectivity index (χ3n) is 4.43. The molecule has 8 nitrogen and oxygen atoms in total. The van der Waals surface area contributed by atoms with Gasteiger partial charge in [-0.3, -0.25) is 4.79 Å². The van der Waals surface area contributed by atoms with Crippen molar-refractivity contribution in [2.24, 2.45) is 0 Å². The van der Waals surface area contributed by atoms with Gasteiger partial charge in [0.1, 0.15) is 13.2 Å². The summed E-state index contributed by atoms with van der Waals surface area (Å²) in [5.74, 6) is 1.77. The quantitative estimate of drug-likeness (QED) is 0.507. The summed E-state index contributed by atoms with van der Waals surface area (Å²) in [6.45, 7) is 2.30. The topological polar surface area (TPSA) is 82.4 Å². The highest BCUT2D eigenvalue weighted by atomic mass is 32.2. The van der Waals surface area contributed by atoms with E-state index in [0.717, 1.165) is 23.5 Å². The van der Waals surface area contributed by atoms with E-state index < -0.39 is 0 Å². The van der Waals surface area contributed by atoms with E-state index >= 15 is 0 Å². The summed E-state index contributed by atoms with van der Waals surface area (Å²) >= 11 is 3.07. The molecule has 0 N–H and O–H groups in total. The molecule has 3 heterocycles. The Hall–Kier alpha value is -2.59. The Morgan fingerprint density at radius 2 is 2.14 bits per heavy atom. The zero-order valence-corrected chi connectivity index (χ0v) is 17.6. The smallest absolute Gasteiger partial charge is 0.233 e. The molecule has 3 aromatic rings. The lowest BCUT2D eigenvalue weighted by Crippen LogP contribution is -2.28. The molecule has 1 aliphatic heterocycles. The molecule has 0 unspecified atom stereocenters. The van der Waals surface area contributed by atoms with Gasteiger partial charge in [-0.2, -0.15) is 0 Å². The van der Waals surface area contributed by atoms with Crippen LogP contribution in [-0.4, -0.2) is 57.0 Å². The molecular formula is C19H21N5O3S2. The number of benzene rings is 1. The number of hydrogen-bond donors (Lipinski definition) is 0. The number of tetrazole rings is 1. The number of ether oxygens (including phenoxy) is 2. The summed E-state index contributed by atoms with van der Waals surface area (Å²) in [6, 6.07) is 9.90. The normalized spacial score (nSPS) is 12.7. The molecule has 0 saturated carbocycles. The summed E-state index contributed by atoms with van der Waals surface area (Å²) in [5, 5.41) is 14.5. The SMILES string of the molecule is CN(Cc1ccc2c(c1)OCCO2)C(=O)CSc1nnnn1CCc1cccs1. The van der Waals surface area contributed by atoms with Crippen molar-refractivity contribution in [3.8, 4) is 11.5 Å². The van der Waals surface area contributed by atoms with E-state index in [-0.39, 0.29) is 11.7 Å². The van der Waals surface area contributed by atoms with Crippen molar-refractivity contribution in [1.29, 1.82) is 0 Å². The van der Waals surface area contributed by atoms with Crippen molar-refractivity contribution < 1.29 is 14.3 Å². The fraction of sp³-hybridized carbons (Fsp3) is 0.368. The van der Waals surface area contributed by atoms with E-state index in [0.29, 0.717) is 31.5 Å². The van der Waals surface area contributed by atoms with Gasteiger partial charge in [0, 0.05) is 24.9 Å². The fourth-order valence-corrected chi connectivity index (χ4v) is 4.44. The van der Waals surface area contributed by atoms with Gasteiger partial charge in [-0.15, -0.1) is 16.4 Å². The third-order valence-corrected chi connectivity index (χ3v) is 6.30. The fourth-order valence-electron chi connectivity index (χ4n) is 2.90. The van der Waals surface area contributed by atoms with Crippen molar-refractivity contribution >= 4 is 29.0 Å². The summed E-state index contributed by atoms with van der Waals surface area (Å²) in [5.41, 5.74) is 0.996. The van der Waals surface area contributed by atoms with E-state index in [2.05, 4.69) is 27.0 Å². The van der Waals surface area contributed by atoms with Crippen LogP contribution in [0.4, 0.5) is 0 Å². The predicted molar refractivity (Wildman–Crippen MR) is 110 cm³/mol. The van der Waals surface area contributed by atoms with Crippen molar-refractivity contribution in [3.63, 3.8) is 0 Å². The Bertz CT molecular complexity index is 961. The first-order valence-electron chi connectivity index (χ1n) is 9.23. The van der Waals surface area contributed by atoms with Crippen LogP contribution in [0.25, 0.3) is 0 Å². The Morgan fingerprint density at radius 1 is 1.28 bits per heavy atom. The van der Waals surface area contributed by atoms with Gasteiger partial charge in [0.2, 0.25) is 11.1 Å². The highest BCUT2D eigenvalue weighted by molar-refractivity contribution is 7.99. The lowest BCUT2D eigenvalue weighted by atomic mass is 10.2. The Kier molecular flexibility index (Phi) is 6.30. The van der Waals surface area contributed by atoms with E-state index in [1.54, 1.807) is 28.0 Å². The largest absolute Gasteiger partial charge is 0.486 e. The first kappa shape index (κ1) is 19.7. The number of nitrogens with zero attached hydrogens (tertiary/aromatic N) is 5. The summed E-state index contributed by atoms with van der Waals surface area (Å²) < 4.78 is 12.9. The van der Waals surface area contributed by atoms with E-state index in [1.807, 2.05) is 24.3 Å². The monoisotopic (exact) mass is 431 g/mol. The van der Waals surface area contributed by atoms with Crippen LogP contribution in [-0.2, 0) is 24.3 Å². The molecular weight excluding hydrogens is 410 g/mol. The molecule has 0 atom stereocenters. The maximum absolute atomic E-state index is 12.6. The molecule has 29 heavy (non-hydrogen) atoms. The molecule has 1 amide bonds. The first-order valence-corrected chi connectivity index (χ1v) is 11.1. The number of hydrogen-bond acceptors (Lipinski definition) is 8. The number of carbonyl (C=O) groups is 1. The number of amides is 1. The van der Waals surface area contributed by atoms with Gasteiger partial charge < -0.3 is 14.4 Å². The molecule has 0 fully saturated rings. The molecule has 10 heteroatoms. The van der Waals surface area contributed by atoms with Gasteiger partial charge in [-0.25, -0.2) is 4.68 Å².